The number of nitrogens with one attached hydrogen (secondary N) is 1. The molecule has 3 nitrogen and oxygen atoms in total. The monoisotopic (exact) mass is 274 g/mol. The third-order valence-electron chi connectivity index (χ3n) is 3.19. The molecular formula is C13H17F3N2O. The second-order valence-electron chi connectivity index (χ2n) is 4.47. The second-order valence-corrected chi connectivity index (χ2v) is 4.47. The molecule has 1 saturated heterocycles. The van der Waals surface area contributed by atoms with E-state index in [9.17, 15) is 13.2 Å². The maximum atomic E-state index is 12.7. The van der Waals surface area contributed by atoms with Gasteiger partial charge in [-0.3, -0.25) is 0 Å². The van der Waals surface area contributed by atoms with Gasteiger partial charge in [0.2, 0.25) is 0 Å². The van der Waals surface area contributed by atoms with Crippen LogP contribution in [-0.2, 0) is 6.18 Å². The molecule has 0 aromatic heterocycles. The minimum atomic E-state index is -4.34. The number of hydrogen-bond acceptors (Lipinski definition) is 3. The van der Waals surface area contributed by atoms with Crippen molar-refractivity contribution < 1.29 is 17.9 Å². The van der Waals surface area contributed by atoms with Gasteiger partial charge in [-0.2, -0.15) is 13.2 Å². The lowest BCUT2D eigenvalue weighted by atomic mass is 10.1. The predicted octanol–water partition coefficient (Wildman–Crippen LogP) is 2.51. The number of methoxy groups -OCH3 is 1. The van der Waals surface area contributed by atoms with Crippen molar-refractivity contribution in [2.75, 3.05) is 38.2 Å². The molecule has 1 aliphatic heterocycles. The van der Waals surface area contributed by atoms with Crippen molar-refractivity contribution in [2.24, 2.45) is 0 Å². The van der Waals surface area contributed by atoms with Crippen LogP contribution in [0.15, 0.2) is 18.2 Å². The zero-order valence-electron chi connectivity index (χ0n) is 10.8. The van der Waals surface area contributed by atoms with E-state index >= 15 is 0 Å². The van der Waals surface area contributed by atoms with Gasteiger partial charge in [-0.25, -0.2) is 0 Å². The fourth-order valence-electron chi connectivity index (χ4n) is 2.20. The number of nitrogens with zero attached hydrogens (tertiary/aromatic N) is 1. The summed E-state index contributed by atoms with van der Waals surface area (Å²) in [6.45, 7) is 3.33. The Balaban J connectivity index is 2.29. The van der Waals surface area contributed by atoms with Crippen LogP contribution in [0.2, 0.25) is 0 Å². The molecule has 1 N–H and O–H groups in total. The van der Waals surface area contributed by atoms with Crippen molar-refractivity contribution in [1.82, 2.24) is 5.32 Å². The van der Waals surface area contributed by atoms with Crippen LogP contribution in [0.4, 0.5) is 18.9 Å². The smallest absolute Gasteiger partial charge is 0.416 e. The van der Waals surface area contributed by atoms with E-state index in [4.69, 9.17) is 4.74 Å². The van der Waals surface area contributed by atoms with E-state index in [1.807, 2.05) is 0 Å². The van der Waals surface area contributed by atoms with Gasteiger partial charge in [0, 0.05) is 19.6 Å². The minimum absolute atomic E-state index is 0.275. The molecule has 0 amide bonds. The Bertz CT molecular complexity index is 426. The highest BCUT2D eigenvalue weighted by Gasteiger charge is 2.31. The van der Waals surface area contributed by atoms with Crippen LogP contribution in [0, 0.1) is 0 Å². The van der Waals surface area contributed by atoms with Crippen LogP contribution in [0.25, 0.3) is 0 Å². The molecule has 0 spiro atoms. The molecule has 2 rings (SSSR count). The predicted molar refractivity (Wildman–Crippen MR) is 67.7 cm³/mol. The molecule has 0 radical (unpaired) electrons. The SMILES string of the molecule is COc1cc(C(F)(F)F)ccc1N1CCCNCC1. The summed E-state index contributed by atoms with van der Waals surface area (Å²) in [5.74, 6) is 0.275. The zero-order valence-corrected chi connectivity index (χ0v) is 10.8. The molecule has 6 heteroatoms. The topological polar surface area (TPSA) is 24.5 Å². The largest absolute Gasteiger partial charge is 0.495 e. The summed E-state index contributed by atoms with van der Waals surface area (Å²) >= 11 is 0. The number of benzene rings is 1. The van der Waals surface area contributed by atoms with Gasteiger partial charge in [-0.15, -0.1) is 0 Å². The molecule has 0 atom stereocenters. The molecule has 0 unspecified atom stereocenters. The van der Waals surface area contributed by atoms with Crippen molar-refractivity contribution >= 4 is 5.69 Å². The van der Waals surface area contributed by atoms with Gasteiger partial charge in [0.1, 0.15) is 5.75 Å². The summed E-state index contributed by atoms with van der Waals surface area (Å²) in [4.78, 5) is 2.05. The average Bonchev–Trinajstić information content (AvgIpc) is 2.65. The quantitative estimate of drug-likeness (QED) is 0.897. The summed E-state index contributed by atoms with van der Waals surface area (Å²) in [6, 6.07) is 3.66. The first kappa shape index (κ1) is 14.0. The van der Waals surface area contributed by atoms with E-state index < -0.39 is 11.7 Å². The third-order valence-corrected chi connectivity index (χ3v) is 3.19. The van der Waals surface area contributed by atoms with Crippen LogP contribution >= 0.6 is 0 Å². The molecule has 0 aliphatic carbocycles. The molecule has 1 aromatic rings. The summed E-state index contributed by atoms with van der Waals surface area (Å²) in [7, 11) is 1.40. The number of alkyl halides is 3. The van der Waals surface area contributed by atoms with Crippen molar-refractivity contribution in [3.63, 3.8) is 0 Å². The summed E-state index contributed by atoms with van der Waals surface area (Å²) < 4.78 is 43.1. The molecule has 106 valence electrons. The molecule has 0 bridgehead atoms. The Morgan fingerprint density at radius 2 is 2.00 bits per heavy atom. The molecule has 19 heavy (non-hydrogen) atoms. The van der Waals surface area contributed by atoms with Gasteiger partial charge in [-0.05, 0) is 31.2 Å². The molecule has 1 aromatic carbocycles. The number of ether oxygens (including phenoxy) is 1. The average molecular weight is 274 g/mol. The Kier molecular flexibility index (Phi) is 4.19. The van der Waals surface area contributed by atoms with E-state index in [2.05, 4.69) is 10.2 Å². The second kappa shape index (κ2) is 5.69. The highest BCUT2D eigenvalue weighted by atomic mass is 19.4. The van der Waals surface area contributed by atoms with Gasteiger partial charge in [-0.1, -0.05) is 0 Å². The first-order valence-electron chi connectivity index (χ1n) is 6.23. The number of hydrogen-bond donors (Lipinski definition) is 1. The lowest BCUT2D eigenvalue weighted by Gasteiger charge is -2.25. The van der Waals surface area contributed by atoms with E-state index in [1.165, 1.54) is 13.2 Å². The fourth-order valence-corrected chi connectivity index (χ4v) is 2.20. The van der Waals surface area contributed by atoms with Crippen LogP contribution in [0.1, 0.15) is 12.0 Å². The maximum Gasteiger partial charge on any atom is 0.416 e. The first-order valence-corrected chi connectivity index (χ1v) is 6.23. The Labute approximate surface area is 110 Å². The number of halogens is 3. The lowest BCUT2D eigenvalue weighted by molar-refractivity contribution is -0.137. The Hall–Kier alpha value is -1.43. The zero-order chi connectivity index (χ0) is 13.9. The molecule has 1 aliphatic rings. The van der Waals surface area contributed by atoms with Crippen LogP contribution < -0.4 is 15.0 Å². The van der Waals surface area contributed by atoms with Gasteiger partial charge >= 0.3 is 6.18 Å². The van der Waals surface area contributed by atoms with E-state index in [0.717, 1.165) is 50.4 Å². The standard InChI is InChI=1S/C13H17F3N2O/c1-19-12-9-10(13(14,15)16)3-4-11(12)18-7-2-5-17-6-8-18/h3-4,9,17H,2,5-8H2,1H3. The summed E-state index contributed by atoms with van der Waals surface area (Å²) in [5, 5.41) is 3.26. The highest BCUT2D eigenvalue weighted by Crippen LogP contribution is 2.36. The molecule has 1 fully saturated rings. The van der Waals surface area contributed by atoms with Gasteiger partial charge < -0.3 is 15.0 Å². The highest BCUT2D eigenvalue weighted by molar-refractivity contribution is 5.60. The van der Waals surface area contributed by atoms with E-state index in [0.29, 0.717) is 0 Å². The van der Waals surface area contributed by atoms with E-state index in [1.54, 1.807) is 0 Å². The van der Waals surface area contributed by atoms with Crippen molar-refractivity contribution in [2.45, 2.75) is 12.6 Å². The summed E-state index contributed by atoms with van der Waals surface area (Å²) in [5.41, 5.74) is 0.0419. The fraction of sp³-hybridized carbons (Fsp3) is 0.538. The van der Waals surface area contributed by atoms with Crippen molar-refractivity contribution in [3.8, 4) is 5.75 Å². The van der Waals surface area contributed by atoms with Gasteiger partial charge in [0.25, 0.3) is 0 Å². The van der Waals surface area contributed by atoms with Crippen molar-refractivity contribution in [3.05, 3.63) is 23.8 Å². The minimum Gasteiger partial charge on any atom is -0.495 e. The summed E-state index contributed by atoms with van der Waals surface area (Å²) in [6.07, 6.45) is -3.38. The number of rotatable bonds is 2. The molecular weight excluding hydrogens is 257 g/mol. The third kappa shape index (κ3) is 3.32. The van der Waals surface area contributed by atoms with Gasteiger partial charge in [0.05, 0.1) is 18.4 Å². The van der Waals surface area contributed by atoms with E-state index in [-0.39, 0.29) is 5.75 Å². The van der Waals surface area contributed by atoms with Crippen LogP contribution in [-0.4, -0.2) is 33.3 Å². The van der Waals surface area contributed by atoms with Gasteiger partial charge in [0.15, 0.2) is 0 Å². The molecule has 1 heterocycles. The van der Waals surface area contributed by atoms with Crippen LogP contribution in [0.3, 0.4) is 0 Å². The van der Waals surface area contributed by atoms with Crippen LogP contribution in [0.5, 0.6) is 5.75 Å². The first-order chi connectivity index (χ1) is 9.02. The Morgan fingerprint density at radius 1 is 1.21 bits per heavy atom. The normalized spacial score (nSPS) is 17.2. The Morgan fingerprint density at radius 3 is 2.68 bits per heavy atom. The van der Waals surface area contributed by atoms with Crippen molar-refractivity contribution in [1.29, 1.82) is 0 Å². The lowest BCUT2D eigenvalue weighted by Crippen LogP contribution is -2.28. The maximum absolute atomic E-state index is 12.7. The number of anilines is 1. The molecule has 0 saturated carbocycles.